The van der Waals surface area contributed by atoms with Crippen molar-refractivity contribution >= 4 is 27.9 Å². The van der Waals surface area contributed by atoms with Gasteiger partial charge in [0.15, 0.2) is 4.96 Å². The highest BCUT2D eigenvalue weighted by Gasteiger charge is 2.16. The predicted molar refractivity (Wildman–Crippen MR) is 104 cm³/mol. The summed E-state index contributed by atoms with van der Waals surface area (Å²) in [4.78, 5) is 17.8. The Morgan fingerprint density at radius 1 is 1.12 bits per heavy atom. The summed E-state index contributed by atoms with van der Waals surface area (Å²) >= 11 is 1.59. The van der Waals surface area contributed by atoms with Crippen LogP contribution >= 0.6 is 11.3 Å². The van der Waals surface area contributed by atoms with Gasteiger partial charge in [-0.2, -0.15) is 0 Å². The molecule has 0 radical (unpaired) electrons. The van der Waals surface area contributed by atoms with Crippen molar-refractivity contribution in [1.29, 1.82) is 0 Å². The smallest absolute Gasteiger partial charge is 0.221 e. The molecule has 6 heteroatoms. The molecule has 4 aromatic rings. The molecule has 5 nitrogen and oxygen atoms in total. The number of amides is 1. The lowest BCUT2D eigenvalue weighted by Crippen LogP contribution is -2.05. The molecule has 0 spiro atoms. The number of hydrogen-bond donors (Lipinski definition) is 2. The van der Waals surface area contributed by atoms with Crippen LogP contribution in [0.15, 0.2) is 60.8 Å². The van der Waals surface area contributed by atoms with Crippen LogP contribution in [0.2, 0.25) is 0 Å². The van der Waals surface area contributed by atoms with Crippen LogP contribution < -0.4 is 5.32 Å². The topological polar surface area (TPSA) is 66.6 Å². The number of nitrogens with one attached hydrogen (secondary N) is 1. The zero-order valence-electron chi connectivity index (χ0n) is 14.1. The van der Waals surface area contributed by atoms with Crippen molar-refractivity contribution in [3.05, 3.63) is 66.5 Å². The van der Waals surface area contributed by atoms with Gasteiger partial charge in [0.05, 0.1) is 22.9 Å². The van der Waals surface area contributed by atoms with E-state index in [1.807, 2.05) is 53.1 Å². The van der Waals surface area contributed by atoms with E-state index >= 15 is 0 Å². The van der Waals surface area contributed by atoms with Gasteiger partial charge in [-0.15, -0.1) is 0 Å². The molecule has 0 aliphatic rings. The van der Waals surface area contributed by atoms with E-state index in [2.05, 4.69) is 17.4 Å². The third-order valence-electron chi connectivity index (χ3n) is 4.11. The van der Waals surface area contributed by atoms with Crippen molar-refractivity contribution in [3.63, 3.8) is 0 Å². The summed E-state index contributed by atoms with van der Waals surface area (Å²) in [6.07, 6.45) is 2.02. The molecule has 1 amide bonds. The standard InChI is InChI=1S/C20H17N3O2S/c1-13(25)21-16-9-7-15(8-10-16)19-17(12-24)23-11-18(26-20(23)22-19)14-5-3-2-4-6-14/h2-11,24H,12H2,1H3,(H,21,25). The van der Waals surface area contributed by atoms with E-state index < -0.39 is 0 Å². The Labute approximate surface area is 154 Å². The largest absolute Gasteiger partial charge is 0.390 e. The molecule has 130 valence electrons. The van der Waals surface area contributed by atoms with Crippen LogP contribution in [0.5, 0.6) is 0 Å². The van der Waals surface area contributed by atoms with Crippen LogP contribution in [0.4, 0.5) is 5.69 Å². The van der Waals surface area contributed by atoms with Gasteiger partial charge in [-0.05, 0) is 17.7 Å². The number of hydrogen-bond acceptors (Lipinski definition) is 4. The van der Waals surface area contributed by atoms with E-state index in [0.717, 1.165) is 38.0 Å². The lowest BCUT2D eigenvalue weighted by atomic mass is 10.1. The number of benzene rings is 2. The summed E-state index contributed by atoms with van der Waals surface area (Å²) in [6, 6.07) is 17.6. The molecule has 0 fully saturated rings. The van der Waals surface area contributed by atoms with Crippen molar-refractivity contribution in [2.75, 3.05) is 5.32 Å². The van der Waals surface area contributed by atoms with Gasteiger partial charge in [-0.3, -0.25) is 9.20 Å². The van der Waals surface area contributed by atoms with Crippen LogP contribution in [-0.4, -0.2) is 20.4 Å². The molecule has 0 saturated heterocycles. The van der Waals surface area contributed by atoms with Crippen LogP contribution in [-0.2, 0) is 11.4 Å². The zero-order valence-corrected chi connectivity index (χ0v) is 15.0. The van der Waals surface area contributed by atoms with E-state index in [1.54, 1.807) is 11.3 Å². The predicted octanol–water partition coefficient (Wildman–Crippen LogP) is 4.18. The molecule has 0 atom stereocenters. The molecule has 0 aliphatic heterocycles. The summed E-state index contributed by atoms with van der Waals surface area (Å²) in [5.74, 6) is -0.107. The monoisotopic (exact) mass is 363 g/mol. The number of imidazole rings is 1. The van der Waals surface area contributed by atoms with Crippen molar-refractivity contribution in [2.24, 2.45) is 0 Å². The van der Waals surface area contributed by atoms with Crippen molar-refractivity contribution in [1.82, 2.24) is 9.38 Å². The highest BCUT2D eigenvalue weighted by atomic mass is 32.1. The zero-order chi connectivity index (χ0) is 18.1. The number of carbonyl (C=O) groups excluding carboxylic acids is 1. The summed E-state index contributed by atoms with van der Waals surface area (Å²) in [5.41, 5.74) is 4.28. The Morgan fingerprint density at radius 3 is 2.50 bits per heavy atom. The number of nitrogens with zero attached hydrogens (tertiary/aromatic N) is 2. The number of carbonyl (C=O) groups is 1. The lowest BCUT2D eigenvalue weighted by molar-refractivity contribution is -0.114. The molecule has 0 bridgehead atoms. The normalized spacial score (nSPS) is 11.0. The van der Waals surface area contributed by atoms with Crippen LogP contribution in [0.1, 0.15) is 12.6 Å². The van der Waals surface area contributed by atoms with Crippen molar-refractivity contribution in [3.8, 4) is 21.7 Å². The molecule has 0 unspecified atom stereocenters. The summed E-state index contributed by atoms with van der Waals surface area (Å²) in [7, 11) is 0. The maximum atomic E-state index is 11.1. The molecule has 0 saturated carbocycles. The second-order valence-electron chi connectivity index (χ2n) is 5.94. The summed E-state index contributed by atoms with van der Waals surface area (Å²) in [6.45, 7) is 1.38. The Bertz CT molecular complexity index is 1070. The minimum atomic E-state index is -0.107. The highest BCUT2D eigenvalue weighted by Crippen LogP contribution is 2.33. The maximum Gasteiger partial charge on any atom is 0.221 e. The number of aromatic nitrogens is 2. The molecular weight excluding hydrogens is 346 g/mol. The first kappa shape index (κ1) is 16.5. The van der Waals surface area contributed by atoms with Gasteiger partial charge >= 0.3 is 0 Å². The van der Waals surface area contributed by atoms with E-state index in [0.29, 0.717) is 0 Å². The Kier molecular flexibility index (Phi) is 4.28. The van der Waals surface area contributed by atoms with Gasteiger partial charge in [-0.1, -0.05) is 53.8 Å². The SMILES string of the molecule is CC(=O)Nc1ccc(-c2nc3sc(-c4ccccc4)cn3c2CO)cc1. The molecule has 26 heavy (non-hydrogen) atoms. The van der Waals surface area contributed by atoms with Gasteiger partial charge in [0.2, 0.25) is 5.91 Å². The van der Waals surface area contributed by atoms with E-state index in [4.69, 9.17) is 4.98 Å². The fourth-order valence-electron chi connectivity index (χ4n) is 2.92. The number of fused-ring (bicyclic) bond motifs is 1. The Balaban J connectivity index is 1.74. The number of anilines is 1. The molecule has 2 N–H and O–H groups in total. The Morgan fingerprint density at radius 2 is 1.85 bits per heavy atom. The van der Waals surface area contributed by atoms with Crippen molar-refractivity contribution < 1.29 is 9.90 Å². The molecule has 2 heterocycles. The highest BCUT2D eigenvalue weighted by molar-refractivity contribution is 7.20. The molecular formula is C20H17N3O2S. The second-order valence-corrected chi connectivity index (χ2v) is 6.95. The van der Waals surface area contributed by atoms with Crippen LogP contribution in [0.3, 0.4) is 0 Å². The molecule has 2 aromatic heterocycles. The van der Waals surface area contributed by atoms with Gasteiger partial charge in [0, 0.05) is 24.4 Å². The molecule has 2 aromatic carbocycles. The quantitative estimate of drug-likeness (QED) is 0.572. The average Bonchev–Trinajstić information content (AvgIpc) is 3.20. The van der Waals surface area contributed by atoms with Gasteiger partial charge in [0.1, 0.15) is 0 Å². The minimum absolute atomic E-state index is 0.102. The average molecular weight is 363 g/mol. The van der Waals surface area contributed by atoms with Crippen LogP contribution in [0.25, 0.3) is 26.7 Å². The number of rotatable bonds is 4. The van der Waals surface area contributed by atoms with Gasteiger partial charge in [0.25, 0.3) is 0 Å². The first-order valence-electron chi connectivity index (χ1n) is 8.21. The summed E-state index contributed by atoms with van der Waals surface area (Å²) < 4.78 is 1.95. The fraction of sp³-hybridized carbons (Fsp3) is 0.100. The second kappa shape index (κ2) is 6.74. The fourth-order valence-corrected chi connectivity index (χ4v) is 3.93. The number of thiazole rings is 1. The third-order valence-corrected chi connectivity index (χ3v) is 5.14. The summed E-state index contributed by atoms with van der Waals surface area (Å²) in [5, 5.41) is 12.7. The molecule has 4 rings (SSSR count). The van der Waals surface area contributed by atoms with Crippen LogP contribution in [0, 0.1) is 0 Å². The maximum absolute atomic E-state index is 11.1. The van der Waals surface area contributed by atoms with Gasteiger partial charge in [-0.25, -0.2) is 4.98 Å². The third kappa shape index (κ3) is 3.00. The van der Waals surface area contributed by atoms with Crippen molar-refractivity contribution in [2.45, 2.75) is 13.5 Å². The van der Waals surface area contributed by atoms with E-state index in [9.17, 15) is 9.90 Å². The number of aliphatic hydroxyl groups is 1. The lowest BCUT2D eigenvalue weighted by Gasteiger charge is -2.05. The van der Waals surface area contributed by atoms with E-state index in [-0.39, 0.29) is 12.5 Å². The first-order valence-corrected chi connectivity index (χ1v) is 9.02. The molecule has 0 aliphatic carbocycles. The van der Waals surface area contributed by atoms with Gasteiger partial charge < -0.3 is 10.4 Å². The minimum Gasteiger partial charge on any atom is -0.390 e. The number of aliphatic hydroxyl groups excluding tert-OH is 1. The van der Waals surface area contributed by atoms with E-state index in [1.165, 1.54) is 6.92 Å². The Hall–Kier alpha value is -2.96. The first-order chi connectivity index (χ1) is 12.7.